The van der Waals surface area contributed by atoms with E-state index in [4.69, 9.17) is 4.74 Å². The van der Waals surface area contributed by atoms with Crippen LogP contribution in [-0.4, -0.2) is 44.0 Å². The molecule has 0 bridgehead atoms. The first kappa shape index (κ1) is 20.5. The number of carboxylic acid groups (broad SMARTS) is 1. The highest BCUT2D eigenvalue weighted by Crippen LogP contribution is 2.43. The lowest BCUT2D eigenvalue weighted by Gasteiger charge is -2.26. The summed E-state index contributed by atoms with van der Waals surface area (Å²) in [7, 11) is 0. The van der Waals surface area contributed by atoms with Gasteiger partial charge in [0.25, 0.3) is 0 Å². The van der Waals surface area contributed by atoms with Gasteiger partial charge >= 0.3 is 5.97 Å². The van der Waals surface area contributed by atoms with Crippen molar-refractivity contribution in [1.82, 2.24) is 19.7 Å². The first-order chi connectivity index (χ1) is 15.4. The van der Waals surface area contributed by atoms with Crippen molar-refractivity contribution in [3.05, 3.63) is 53.4 Å². The van der Waals surface area contributed by atoms with Crippen LogP contribution in [0, 0.1) is 11.6 Å². The van der Waals surface area contributed by atoms with Gasteiger partial charge in [0.2, 0.25) is 0 Å². The number of benzene rings is 1. The van der Waals surface area contributed by atoms with E-state index in [1.165, 1.54) is 6.07 Å². The fourth-order valence-corrected chi connectivity index (χ4v) is 4.45. The van der Waals surface area contributed by atoms with Gasteiger partial charge in [-0.15, -0.1) is 0 Å². The summed E-state index contributed by atoms with van der Waals surface area (Å²) in [5.74, 6) is -3.50. The molecule has 0 aliphatic carbocycles. The van der Waals surface area contributed by atoms with Gasteiger partial charge in [-0.3, -0.25) is 9.89 Å². The van der Waals surface area contributed by atoms with Gasteiger partial charge in [0.15, 0.2) is 17.3 Å². The number of H-pyrrole nitrogens is 1. The lowest BCUT2D eigenvalue weighted by Crippen LogP contribution is -2.19. The van der Waals surface area contributed by atoms with Crippen LogP contribution >= 0.6 is 0 Å². The number of aromatic amines is 1. The van der Waals surface area contributed by atoms with Crippen molar-refractivity contribution in [1.29, 1.82) is 0 Å². The molecule has 0 radical (unpaired) electrons. The molecule has 0 spiro atoms. The minimum Gasteiger partial charge on any atom is -0.481 e. The van der Waals surface area contributed by atoms with E-state index >= 15 is 4.39 Å². The Morgan fingerprint density at radius 3 is 2.75 bits per heavy atom. The molecule has 0 amide bonds. The number of rotatable bonds is 5. The summed E-state index contributed by atoms with van der Waals surface area (Å²) in [5.41, 5.74) is 2.11. The number of hydrogen-bond acceptors (Lipinski definition) is 4. The quantitative estimate of drug-likeness (QED) is 0.471. The third-order valence-corrected chi connectivity index (χ3v) is 5.86. The molecule has 1 aliphatic heterocycles. The van der Waals surface area contributed by atoms with Gasteiger partial charge < -0.3 is 14.4 Å². The standard InChI is InChI=1S/C22H19F3N4O3/c23-14-2-1-13(8-15(14)24)29-17-7-12-10-26-28-22(12)27-20(17)19(16(25)9-18(30)31)21(29)11-3-5-32-6-4-11/h1-2,7-8,10-11,16H,3-6,9H2,(H,30,31)(H,26,27,28)/t16-/m1/s1. The smallest absolute Gasteiger partial charge is 0.306 e. The number of halogens is 3. The van der Waals surface area contributed by atoms with Crippen LogP contribution in [-0.2, 0) is 9.53 Å². The molecule has 3 aromatic heterocycles. The SMILES string of the molecule is O=C(O)C[C@@H](F)c1c(C2CCOCC2)n(-c2ccc(F)c(F)c2)c2cc3cn[nH]c3nc12. The van der Waals surface area contributed by atoms with Crippen molar-refractivity contribution in [2.75, 3.05) is 13.2 Å². The van der Waals surface area contributed by atoms with Crippen molar-refractivity contribution in [2.24, 2.45) is 0 Å². The number of nitrogens with zero attached hydrogens (tertiary/aromatic N) is 3. The molecular weight excluding hydrogens is 425 g/mol. The molecule has 5 rings (SSSR count). The van der Waals surface area contributed by atoms with Gasteiger partial charge in [-0.25, -0.2) is 18.2 Å². The molecule has 166 valence electrons. The van der Waals surface area contributed by atoms with Crippen molar-refractivity contribution in [3.63, 3.8) is 0 Å². The zero-order chi connectivity index (χ0) is 22.4. The summed E-state index contributed by atoms with van der Waals surface area (Å²) in [6.07, 6.45) is 0.128. The maximum absolute atomic E-state index is 15.5. The molecule has 7 nitrogen and oxygen atoms in total. The second-order valence-corrected chi connectivity index (χ2v) is 7.85. The number of aliphatic carboxylic acids is 1. The topological polar surface area (TPSA) is 93.0 Å². The van der Waals surface area contributed by atoms with Crippen LogP contribution < -0.4 is 0 Å². The first-order valence-electron chi connectivity index (χ1n) is 10.2. The number of pyridine rings is 1. The predicted octanol–water partition coefficient (Wildman–Crippen LogP) is 4.56. The van der Waals surface area contributed by atoms with Crippen LogP contribution in [0.1, 0.15) is 42.6 Å². The Morgan fingerprint density at radius 2 is 2.03 bits per heavy atom. The highest BCUT2D eigenvalue weighted by Gasteiger charge is 2.33. The van der Waals surface area contributed by atoms with E-state index in [9.17, 15) is 18.7 Å². The summed E-state index contributed by atoms with van der Waals surface area (Å²) < 4.78 is 50.5. The van der Waals surface area contributed by atoms with Crippen molar-refractivity contribution >= 4 is 28.0 Å². The third-order valence-electron chi connectivity index (χ3n) is 5.86. The number of carbonyl (C=O) groups is 1. The summed E-state index contributed by atoms with van der Waals surface area (Å²) in [6.45, 7) is 0.912. The minimum absolute atomic E-state index is 0.149. The third kappa shape index (κ3) is 3.40. The maximum Gasteiger partial charge on any atom is 0.306 e. The zero-order valence-electron chi connectivity index (χ0n) is 16.8. The number of nitrogens with one attached hydrogen (secondary N) is 1. The molecular formula is C22H19F3N4O3. The molecule has 10 heteroatoms. The largest absolute Gasteiger partial charge is 0.481 e. The van der Waals surface area contributed by atoms with E-state index in [0.29, 0.717) is 54.0 Å². The number of ether oxygens (including phenoxy) is 1. The molecule has 1 aromatic carbocycles. The van der Waals surface area contributed by atoms with E-state index < -0.39 is 30.2 Å². The molecule has 1 atom stereocenters. The molecule has 0 saturated carbocycles. The van der Waals surface area contributed by atoms with E-state index in [2.05, 4.69) is 15.2 Å². The van der Waals surface area contributed by atoms with Crippen LogP contribution in [0.15, 0.2) is 30.5 Å². The average Bonchev–Trinajstić information content (AvgIpc) is 3.36. The fraction of sp³-hybridized carbons (Fsp3) is 0.318. The first-order valence-corrected chi connectivity index (χ1v) is 10.2. The second-order valence-electron chi connectivity index (χ2n) is 7.85. The van der Waals surface area contributed by atoms with Gasteiger partial charge in [-0.1, -0.05) is 0 Å². The van der Waals surface area contributed by atoms with Crippen LogP contribution in [0.3, 0.4) is 0 Å². The van der Waals surface area contributed by atoms with E-state index in [1.807, 2.05) is 0 Å². The van der Waals surface area contributed by atoms with E-state index in [-0.39, 0.29) is 17.0 Å². The maximum atomic E-state index is 15.5. The van der Waals surface area contributed by atoms with Crippen molar-refractivity contribution in [3.8, 4) is 5.69 Å². The zero-order valence-corrected chi connectivity index (χ0v) is 16.8. The molecule has 32 heavy (non-hydrogen) atoms. The number of alkyl halides is 1. The van der Waals surface area contributed by atoms with Crippen LogP contribution in [0.2, 0.25) is 0 Å². The van der Waals surface area contributed by atoms with Crippen LogP contribution in [0.25, 0.3) is 27.8 Å². The second kappa shape index (κ2) is 7.94. The fourth-order valence-electron chi connectivity index (χ4n) is 4.45. The normalized spacial score (nSPS) is 16.1. The number of hydrogen-bond donors (Lipinski definition) is 2. The Labute approximate surface area is 179 Å². The predicted molar refractivity (Wildman–Crippen MR) is 110 cm³/mol. The highest BCUT2D eigenvalue weighted by atomic mass is 19.2. The summed E-state index contributed by atoms with van der Waals surface area (Å²) in [6, 6.07) is 5.21. The van der Waals surface area contributed by atoms with Gasteiger partial charge in [0.1, 0.15) is 6.17 Å². The van der Waals surface area contributed by atoms with Gasteiger partial charge in [-0.2, -0.15) is 5.10 Å². The van der Waals surface area contributed by atoms with Crippen molar-refractivity contribution < 1.29 is 27.8 Å². The summed E-state index contributed by atoms with van der Waals surface area (Å²) in [4.78, 5) is 15.9. The molecule has 1 fully saturated rings. The van der Waals surface area contributed by atoms with Crippen LogP contribution in [0.4, 0.5) is 13.2 Å². The lowest BCUT2D eigenvalue weighted by molar-refractivity contribution is -0.138. The Balaban J connectivity index is 1.87. The summed E-state index contributed by atoms with van der Waals surface area (Å²) >= 11 is 0. The van der Waals surface area contributed by atoms with Gasteiger partial charge in [-0.05, 0) is 31.0 Å². The molecule has 2 N–H and O–H groups in total. The highest BCUT2D eigenvalue weighted by molar-refractivity contribution is 5.94. The van der Waals surface area contributed by atoms with E-state index in [0.717, 1.165) is 12.1 Å². The Bertz CT molecular complexity index is 1330. The molecule has 0 unspecified atom stereocenters. The number of fused-ring (bicyclic) bond motifs is 2. The monoisotopic (exact) mass is 444 g/mol. The van der Waals surface area contributed by atoms with Gasteiger partial charge in [0.05, 0.1) is 23.7 Å². The van der Waals surface area contributed by atoms with E-state index in [1.54, 1.807) is 16.8 Å². The van der Waals surface area contributed by atoms with Crippen molar-refractivity contribution in [2.45, 2.75) is 31.4 Å². The number of carboxylic acids is 1. The average molecular weight is 444 g/mol. The Kier molecular flexibility index (Phi) is 5.09. The number of aromatic nitrogens is 4. The minimum atomic E-state index is -1.84. The molecule has 1 saturated heterocycles. The Hall–Kier alpha value is -3.40. The lowest BCUT2D eigenvalue weighted by atomic mass is 9.91. The molecule has 1 aliphatic rings. The summed E-state index contributed by atoms with van der Waals surface area (Å²) in [5, 5.41) is 16.6. The Morgan fingerprint density at radius 1 is 1.25 bits per heavy atom. The van der Waals surface area contributed by atoms with Gasteiger partial charge in [0, 0.05) is 47.5 Å². The molecule has 4 heterocycles. The van der Waals surface area contributed by atoms with Crippen LogP contribution in [0.5, 0.6) is 0 Å². The molecule has 4 aromatic rings.